The smallest absolute Gasteiger partial charge is 0.349 e. The molecule has 1 spiro atoms. The van der Waals surface area contributed by atoms with Gasteiger partial charge in [0.1, 0.15) is 11.6 Å². The van der Waals surface area contributed by atoms with E-state index in [4.69, 9.17) is 27.6 Å². The molecule has 2 amide bonds. The molecule has 10 nitrogen and oxygen atoms in total. The molecule has 1 aliphatic carbocycles. The standard InChI is InChI=1S/C24H18Cl2F4N6O4/c25-14-2-1-11(3-15(14)26)24(29,30)21-34-33-18(40-21)13-7-35(20(39)16-5-32-17(37)6-31-16)8-22(13)9-36(10-22)19(38)12-4-23(12,27)28/h1-3,5-6,12-13H,4,7-10H2,(H,32,37). The lowest BCUT2D eigenvalue weighted by atomic mass is 9.71. The predicted molar refractivity (Wildman–Crippen MR) is 129 cm³/mol. The summed E-state index contributed by atoms with van der Waals surface area (Å²) < 4.78 is 63.0. The van der Waals surface area contributed by atoms with Crippen LogP contribution in [0.15, 0.2) is 39.8 Å². The number of rotatable bonds is 5. The highest BCUT2D eigenvalue weighted by Gasteiger charge is 2.66. The lowest BCUT2D eigenvalue weighted by Gasteiger charge is -2.50. The molecule has 6 rings (SSSR count). The van der Waals surface area contributed by atoms with E-state index in [1.807, 2.05) is 0 Å². The van der Waals surface area contributed by atoms with Crippen LogP contribution in [0.2, 0.25) is 10.0 Å². The summed E-state index contributed by atoms with van der Waals surface area (Å²) in [6.07, 6.45) is 1.54. The summed E-state index contributed by atoms with van der Waals surface area (Å²) in [4.78, 5) is 45.8. The van der Waals surface area contributed by atoms with Crippen molar-refractivity contribution in [2.75, 3.05) is 26.2 Å². The highest BCUT2D eigenvalue weighted by molar-refractivity contribution is 6.42. The SMILES string of the molecule is O=C(c1c[nH]c(=O)cn1)N1CC(c2nnc(C(F)(F)c3ccc(Cl)c(Cl)c3)o2)C2(C1)CN(C(=O)C1CC1(F)F)C2. The number of aromatic nitrogens is 4. The van der Waals surface area contributed by atoms with Crippen molar-refractivity contribution >= 4 is 35.0 Å². The Balaban J connectivity index is 1.29. The van der Waals surface area contributed by atoms with Crippen molar-refractivity contribution in [2.45, 2.75) is 24.2 Å². The van der Waals surface area contributed by atoms with Crippen molar-refractivity contribution in [3.63, 3.8) is 0 Å². The number of nitrogens with one attached hydrogen (secondary N) is 1. The fourth-order valence-electron chi connectivity index (χ4n) is 5.29. The van der Waals surface area contributed by atoms with Crippen molar-refractivity contribution in [3.05, 3.63) is 74.0 Å². The van der Waals surface area contributed by atoms with Gasteiger partial charge in [-0.2, -0.15) is 8.78 Å². The van der Waals surface area contributed by atoms with Crippen LogP contribution in [0.5, 0.6) is 0 Å². The van der Waals surface area contributed by atoms with Crippen molar-refractivity contribution in [2.24, 2.45) is 11.3 Å². The number of hydrogen-bond acceptors (Lipinski definition) is 7. The molecule has 2 aliphatic heterocycles. The second-order valence-electron chi connectivity index (χ2n) is 10.3. The number of likely N-dealkylation sites (tertiary alicyclic amines) is 2. The summed E-state index contributed by atoms with van der Waals surface area (Å²) in [5.74, 6) is -11.5. The van der Waals surface area contributed by atoms with Gasteiger partial charge in [-0.3, -0.25) is 14.4 Å². The molecule has 210 valence electrons. The monoisotopic (exact) mass is 600 g/mol. The summed E-state index contributed by atoms with van der Waals surface area (Å²) in [5, 5.41) is 7.38. The molecule has 1 N–H and O–H groups in total. The Labute approximate surface area is 232 Å². The lowest BCUT2D eigenvalue weighted by Crippen LogP contribution is -2.62. The third kappa shape index (κ3) is 4.33. The van der Waals surface area contributed by atoms with E-state index in [1.165, 1.54) is 15.9 Å². The molecule has 40 heavy (non-hydrogen) atoms. The molecule has 1 aromatic carbocycles. The molecule has 2 aromatic heterocycles. The number of alkyl halides is 4. The van der Waals surface area contributed by atoms with Crippen LogP contribution in [0.4, 0.5) is 17.6 Å². The number of H-pyrrole nitrogens is 1. The molecular formula is C24H18Cl2F4N6O4. The maximum Gasteiger partial charge on any atom is 0.349 e. The molecular weight excluding hydrogens is 583 g/mol. The Morgan fingerprint density at radius 1 is 1.10 bits per heavy atom. The molecule has 3 aromatic rings. The van der Waals surface area contributed by atoms with Gasteiger partial charge in [-0.05, 0) is 12.1 Å². The zero-order chi connectivity index (χ0) is 28.6. The summed E-state index contributed by atoms with van der Waals surface area (Å²) in [6, 6.07) is 3.25. The fraction of sp³-hybridized carbons (Fsp3) is 0.417. The minimum atomic E-state index is -3.74. The number of aromatic amines is 1. The van der Waals surface area contributed by atoms with Gasteiger partial charge in [-0.1, -0.05) is 29.3 Å². The largest absolute Gasteiger partial charge is 0.419 e. The number of carbonyl (C=O) groups excluding carboxylic acids is 2. The van der Waals surface area contributed by atoms with Gasteiger partial charge in [0.25, 0.3) is 23.3 Å². The highest BCUT2D eigenvalue weighted by atomic mass is 35.5. The first-order valence-corrected chi connectivity index (χ1v) is 12.7. The van der Waals surface area contributed by atoms with Crippen LogP contribution in [0.3, 0.4) is 0 Å². The second-order valence-corrected chi connectivity index (χ2v) is 11.1. The Bertz CT molecular complexity index is 1570. The van der Waals surface area contributed by atoms with Gasteiger partial charge >= 0.3 is 5.92 Å². The summed E-state index contributed by atoms with van der Waals surface area (Å²) in [6.45, 7) is -0.0795. The molecule has 2 atom stereocenters. The van der Waals surface area contributed by atoms with Gasteiger partial charge in [0.15, 0.2) is 0 Å². The molecule has 4 heterocycles. The van der Waals surface area contributed by atoms with Crippen LogP contribution in [-0.4, -0.2) is 73.9 Å². The van der Waals surface area contributed by atoms with Crippen molar-refractivity contribution in [1.29, 1.82) is 0 Å². The Morgan fingerprint density at radius 2 is 1.80 bits per heavy atom. The molecule has 0 bridgehead atoms. The van der Waals surface area contributed by atoms with Gasteiger partial charge in [-0.25, -0.2) is 13.8 Å². The van der Waals surface area contributed by atoms with Crippen LogP contribution in [0.25, 0.3) is 0 Å². The Morgan fingerprint density at radius 3 is 2.42 bits per heavy atom. The van der Waals surface area contributed by atoms with Gasteiger partial charge in [0, 0.05) is 49.8 Å². The van der Waals surface area contributed by atoms with Gasteiger partial charge in [0.2, 0.25) is 11.8 Å². The van der Waals surface area contributed by atoms with Crippen molar-refractivity contribution in [1.82, 2.24) is 30.0 Å². The first kappa shape index (κ1) is 26.7. The van der Waals surface area contributed by atoms with E-state index in [0.717, 1.165) is 24.5 Å². The summed E-state index contributed by atoms with van der Waals surface area (Å²) in [7, 11) is 0. The third-order valence-corrected chi connectivity index (χ3v) is 8.30. The maximum atomic E-state index is 15.3. The molecule has 0 radical (unpaired) electrons. The average Bonchev–Trinajstić information content (AvgIpc) is 3.24. The van der Waals surface area contributed by atoms with E-state index in [9.17, 15) is 23.2 Å². The Kier molecular flexibility index (Phi) is 6.00. The summed E-state index contributed by atoms with van der Waals surface area (Å²) in [5.41, 5.74) is -2.04. The summed E-state index contributed by atoms with van der Waals surface area (Å²) >= 11 is 11.7. The molecule has 3 aliphatic rings. The maximum absolute atomic E-state index is 15.3. The fourth-order valence-corrected chi connectivity index (χ4v) is 5.59. The average molecular weight is 601 g/mol. The van der Waals surface area contributed by atoms with E-state index in [-0.39, 0.29) is 47.8 Å². The van der Waals surface area contributed by atoms with E-state index >= 15 is 8.78 Å². The van der Waals surface area contributed by atoms with Gasteiger partial charge in [0.05, 0.1) is 22.2 Å². The van der Waals surface area contributed by atoms with Crippen LogP contribution in [-0.2, 0) is 10.7 Å². The highest BCUT2D eigenvalue weighted by Crippen LogP contribution is 2.54. The topological polar surface area (TPSA) is 125 Å². The van der Waals surface area contributed by atoms with Gasteiger partial charge < -0.3 is 19.2 Å². The zero-order valence-corrected chi connectivity index (χ0v) is 21.7. The minimum Gasteiger partial charge on any atom is -0.419 e. The van der Waals surface area contributed by atoms with Crippen molar-refractivity contribution < 1.29 is 31.6 Å². The molecule has 2 saturated heterocycles. The lowest BCUT2D eigenvalue weighted by molar-refractivity contribution is -0.147. The zero-order valence-electron chi connectivity index (χ0n) is 20.2. The third-order valence-electron chi connectivity index (χ3n) is 7.56. The van der Waals surface area contributed by atoms with Crippen LogP contribution < -0.4 is 5.56 Å². The van der Waals surface area contributed by atoms with Crippen LogP contribution in [0.1, 0.15) is 40.2 Å². The predicted octanol–water partition coefficient (Wildman–Crippen LogP) is 3.32. The first-order chi connectivity index (χ1) is 18.8. The molecule has 2 unspecified atom stereocenters. The first-order valence-electron chi connectivity index (χ1n) is 12.0. The normalized spacial score (nSPS) is 22.9. The number of benzene rings is 1. The molecule has 1 saturated carbocycles. The van der Waals surface area contributed by atoms with Crippen molar-refractivity contribution in [3.8, 4) is 0 Å². The Hall–Kier alpha value is -3.52. The second kappa shape index (κ2) is 8.99. The number of amides is 2. The quantitative estimate of drug-likeness (QED) is 0.445. The van der Waals surface area contributed by atoms with E-state index in [2.05, 4.69) is 20.2 Å². The number of hydrogen-bond donors (Lipinski definition) is 1. The number of halogens is 6. The van der Waals surface area contributed by atoms with Crippen LogP contribution in [0, 0.1) is 11.3 Å². The molecule has 16 heteroatoms. The minimum absolute atomic E-state index is 0.0210. The number of carbonyl (C=O) groups is 2. The van der Waals surface area contributed by atoms with E-state index in [0.29, 0.717) is 0 Å². The van der Waals surface area contributed by atoms with Crippen LogP contribution >= 0.6 is 23.2 Å². The van der Waals surface area contributed by atoms with Gasteiger partial charge in [-0.15, -0.1) is 10.2 Å². The number of nitrogens with zero attached hydrogens (tertiary/aromatic N) is 5. The van der Waals surface area contributed by atoms with E-state index in [1.54, 1.807) is 0 Å². The molecule has 3 fully saturated rings. The van der Waals surface area contributed by atoms with E-state index < -0.39 is 64.3 Å².